The summed E-state index contributed by atoms with van der Waals surface area (Å²) in [4.78, 5) is 0. The zero-order valence-corrected chi connectivity index (χ0v) is 12.3. The van der Waals surface area contributed by atoms with Crippen LogP contribution in [0.4, 0.5) is 0 Å². The van der Waals surface area contributed by atoms with E-state index in [4.69, 9.17) is 0 Å². The molecule has 0 heterocycles. The second-order valence-electron chi connectivity index (χ2n) is 6.02. The van der Waals surface area contributed by atoms with Gasteiger partial charge in [-0.25, -0.2) is 0 Å². The Morgan fingerprint density at radius 3 is 2.56 bits per heavy atom. The average molecular weight is 252 g/mol. The summed E-state index contributed by atoms with van der Waals surface area (Å²) in [5, 5.41) is 20.4. The van der Waals surface area contributed by atoms with Crippen LogP contribution >= 0.6 is 0 Å². The van der Waals surface area contributed by atoms with Crippen molar-refractivity contribution in [3.63, 3.8) is 0 Å². The minimum absolute atomic E-state index is 0.0442. The van der Waals surface area contributed by atoms with E-state index in [2.05, 4.69) is 32.6 Å². The Morgan fingerprint density at radius 2 is 2.17 bits per heavy atom. The molecule has 2 N–H and O–H groups in total. The van der Waals surface area contributed by atoms with Crippen molar-refractivity contribution in [3.8, 4) is 11.8 Å². The highest BCUT2D eigenvalue weighted by atomic mass is 16.3. The van der Waals surface area contributed by atoms with Crippen LogP contribution < -0.4 is 0 Å². The molecule has 2 heteroatoms. The van der Waals surface area contributed by atoms with Crippen molar-refractivity contribution >= 4 is 0 Å². The highest BCUT2D eigenvalue weighted by molar-refractivity contribution is 5.21. The van der Waals surface area contributed by atoms with Gasteiger partial charge in [0, 0.05) is 5.41 Å². The molecular formula is C16H28O2. The predicted octanol–water partition coefficient (Wildman–Crippen LogP) is 2.98. The van der Waals surface area contributed by atoms with Gasteiger partial charge in [0.1, 0.15) is 0 Å². The normalized spacial score (nSPS) is 32.4. The maximum absolute atomic E-state index is 10.4. The highest BCUT2D eigenvalue weighted by Crippen LogP contribution is 2.55. The fraction of sp³-hybridized carbons (Fsp3) is 0.875. The Morgan fingerprint density at radius 1 is 1.50 bits per heavy atom. The number of hydrogen-bond acceptors (Lipinski definition) is 2. The lowest BCUT2D eigenvalue weighted by Gasteiger charge is -2.48. The van der Waals surface area contributed by atoms with Crippen LogP contribution in [0.15, 0.2) is 0 Å². The van der Waals surface area contributed by atoms with Crippen LogP contribution in [-0.2, 0) is 0 Å². The van der Waals surface area contributed by atoms with Crippen LogP contribution in [0.2, 0.25) is 0 Å². The van der Waals surface area contributed by atoms with Gasteiger partial charge in [-0.15, -0.1) is 5.92 Å². The molecule has 2 unspecified atom stereocenters. The van der Waals surface area contributed by atoms with Gasteiger partial charge in [0.05, 0.1) is 18.1 Å². The first kappa shape index (κ1) is 15.5. The number of aliphatic hydroxyl groups is 2. The first-order valence-electron chi connectivity index (χ1n) is 7.21. The molecule has 0 amide bonds. The van der Waals surface area contributed by atoms with Gasteiger partial charge in [0.2, 0.25) is 0 Å². The molecule has 1 rings (SSSR count). The highest BCUT2D eigenvalue weighted by Gasteiger charge is 2.55. The van der Waals surface area contributed by atoms with Crippen molar-refractivity contribution in [1.29, 1.82) is 0 Å². The zero-order valence-electron chi connectivity index (χ0n) is 12.3. The third-order valence-corrected chi connectivity index (χ3v) is 5.09. The summed E-state index contributed by atoms with van der Waals surface area (Å²) in [6, 6.07) is 0. The molecule has 4 atom stereocenters. The quantitative estimate of drug-likeness (QED) is 0.739. The van der Waals surface area contributed by atoms with E-state index >= 15 is 0 Å². The molecule has 1 aliphatic rings. The van der Waals surface area contributed by atoms with Crippen LogP contribution in [0.5, 0.6) is 0 Å². The summed E-state index contributed by atoms with van der Waals surface area (Å²) in [6.07, 6.45) is 4.60. The number of aliphatic hydroxyl groups excluding tert-OH is 2. The van der Waals surface area contributed by atoms with E-state index in [1.54, 1.807) is 0 Å². The second kappa shape index (κ2) is 6.08. The van der Waals surface area contributed by atoms with Gasteiger partial charge in [-0.2, -0.15) is 0 Å². The Labute approximate surface area is 112 Å². The van der Waals surface area contributed by atoms with Crippen molar-refractivity contribution in [2.45, 2.75) is 65.9 Å². The molecule has 0 bridgehead atoms. The third-order valence-electron chi connectivity index (χ3n) is 5.09. The summed E-state index contributed by atoms with van der Waals surface area (Å²) in [6.45, 7) is 8.31. The third kappa shape index (κ3) is 2.31. The van der Waals surface area contributed by atoms with Gasteiger partial charge in [-0.3, -0.25) is 0 Å². The minimum Gasteiger partial charge on any atom is -0.395 e. The van der Waals surface area contributed by atoms with E-state index in [9.17, 15) is 10.2 Å². The summed E-state index contributed by atoms with van der Waals surface area (Å²) in [7, 11) is 0. The fourth-order valence-electron chi connectivity index (χ4n) is 3.78. The lowest BCUT2D eigenvalue weighted by molar-refractivity contribution is -0.0700. The molecule has 18 heavy (non-hydrogen) atoms. The lowest BCUT2D eigenvalue weighted by atomic mass is 9.56. The summed E-state index contributed by atoms with van der Waals surface area (Å²) in [5.41, 5.74) is -0.743. The van der Waals surface area contributed by atoms with E-state index in [0.717, 1.165) is 32.1 Å². The van der Waals surface area contributed by atoms with E-state index in [0.29, 0.717) is 5.92 Å². The molecule has 1 saturated carbocycles. The largest absolute Gasteiger partial charge is 0.395 e. The first-order valence-corrected chi connectivity index (χ1v) is 7.21. The monoisotopic (exact) mass is 252 g/mol. The van der Waals surface area contributed by atoms with Crippen molar-refractivity contribution in [2.75, 3.05) is 6.61 Å². The Kier molecular flexibility index (Phi) is 5.25. The Balaban J connectivity index is 3.20. The Bertz CT molecular complexity index is 328. The fourth-order valence-corrected chi connectivity index (χ4v) is 3.78. The molecule has 0 aromatic heterocycles. The van der Waals surface area contributed by atoms with Gasteiger partial charge in [-0.1, -0.05) is 39.5 Å². The molecular weight excluding hydrogens is 224 g/mol. The van der Waals surface area contributed by atoms with Gasteiger partial charge in [0.15, 0.2) is 0 Å². The van der Waals surface area contributed by atoms with Gasteiger partial charge >= 0.3 is 0 Å². The number of rotatable bonds is 5. The molecule has 0 radical (unpaired) electrons. The van der Waals surface area contributed by atoms with Crippen LogP contribution in [0, 0.1) is 28.6 Å². The minimum atomic E-state index is -0.465. The van der Waals surface area contributed by atoms with E-state index < -0.39 is 5.41 Å². The lowest BCUT2D eigenvalue weighted by Crippen LogP contribution is -2.50. The molecule has 1 fully saturated rings. The van der Waals surface area contributed by atoms with E-state index in [-0.39, 0.29) is 18.1 Å². The molecule has 0 saturated heterocycles. The smallest absolute Gasteiger partial charge is 0.0648 e. The average Bonchev–Trinajstić information content (AvgIpc) is 2.68. The standard InChI is InChI=1S/C16H28O2/c1-5-8-13(3)16(12-17,10-6-2)15(4)11-7-9-14(15)18/h13-14,17-18H,5,7-9,11-12H2,1-4H3/t13?,14-,15?,16-/m0/s1. The van der Waals surface area contributed by atoms with E-state index in [1.807, 2.05) is 6.92 Å². The molecule has 2 nitrogen and oxygen atoms in total. The molecule has 0 aromatic carbocycles. The summed E-state index contributed by atoms with van der Waals surface area (Å²) in [5.74, 6) is 6.59. The maximum Gasteiger partial charge on any atom is 0.0648 e. The predicted molar refractivity (Wildman–Crippen MR) is 75.0 cm³/mol. The molecule has 0 aliphatic heterocycles. The van der Waals surface area contributed by atoms with Gasteiger partial charge < -0.3 is 10.2 Å². The summed E-state index contributed by atoms with van der Waals surface area (Å²) >= 11 is 0. The molecule has 0 aromatic rings. The maximum atomic E-state index is 10.4. The Hall–Kier alpha value is -0.520. The van der Waals surface area contributed by atoms with Gasteiger partial charge in [0.25, 0.3) is 0 Å². The molecule has 104 valence electrons. The van der Waals surface area contributed by atoms with Gasteiger partial charge in [-0.05, 0) is 32.1 Å². The van der Waals surface area contributed by atoms with E-state index in [1.165, 1.54) is 0 Å². The van der Waals surface area contributed by atoms with Crippen LogP contribution in [0.3, 0.4) is 0 Å². The first-order chi connectivity index (χ1) is 8.48. The zero-order chi connectivity index (χ0) is 13.8. The van der Waals surface area contributed by atoms with Crippen LogP contribution in [0.25, 0.3) is 0 Å². The van der Waals surface area contributed by atoms with Crippen molar-refractivity contribution in [3.05, 3.63) is 0 Å². The topological polar surface area (TPSA) is 40.5 Å². The van der Waals surface area contributed by atoms with Crippen LogP contribution in [-0.4, -0.2) is 22.9 Å². The van der Waals surface area contributed by atoms with Crippen LogP contribution in [0.1, 0.15) is 59.8 Å². The van der Waals surface area contributed by atoms with Crippen molar-refractivity contribution in [2.24, 2.45) is 16.7 Å². The number of hydrogen-bond donors (Lipinski definition) is 2. The SMILES string of the molecule is CC#C[C@](CO)(C(C)CCC)C1(C)CCC[C@@H]1O. The summed E-state index contributed by atoms with van der Waals surface area (Å²) < 4.78 is 0. The van der Waals surface area contributed by atoms with Crippen molar-refractivity contribution in [1.82, 2.24) is 0 Å². The molecule has 1 aliphatic carbocycles. The molecule has 0 spiro atoms. The van der Waals surface area contributed by atoms with Crippen molar-refractivity contribution < 1.29 is 10.2 Å². The second-order valence-corrected chi connectivity index (χ2v) is 6.02.